The molecule has 0 fully saturated rings. The number of aliphatic hydroxyl groups excluding tert-OH is 2. The van der Waals surface area contributed by atoms with Crippen LogP contribution in [0.2, 0.25) is 0 Å². The number of hydrogen-bond acceptors (Lipinski definition) is 5. The number of nitrogens with one attached hydrogen (secondary N) is 1. The van der Waals surface area contributed by atoms with Gasteiger partial charge in [-0.1, -0.05) is 168 Å². The Kier molecular flexibility index (Phi) is 27.6. The highest BCUT2D eigenvalue weighted by Crippen LogP contribution is 2.16. The lowest BCUT2D eigenvalue weighted by Crippen LogP contribution is -2.50. The van der Waals surface area contributed by atoms with Gasteiger partial charge in [-0.25, -0.2) is 0 Å². The van der Waals surface area contributed by atoms with E-state index in [4.69, 9.17) is 0 Å². The van der Waals surface area contributed by atoms with E-state index in [0.29, 0.717) is 19.3 Å². The molecule has 41 heavy (non-hydrogen) atoms. The minimum atomic E-state index is -4.39. The molecule has 0 bridgehead atoms. The average molecular weight is 606 g/mol. The van der Waals surface area contributed by atoms with Crippen LogP contribution in [0.3, 0.4) is 0 Å². The van der Waals surface area contributed by atoms with Gasteiger partial charge in [-0.3, -0.25) is 9.35 Å². The summed E-state index contributed by atoms with van der Waals surface area (Å²) in [7, 11) is -4.39. The molecule has 0 aliphatic rings. The normalized spacial score (nSPS) is 14.2. The summed E-state index contributed by atoms with van der Waals surface area (Å²) in [6.45, 7) is 4.43. The van der Waals surface area contributed by atoms with Crippen molar-refractivity contribution in [2.24, 2.45) is 0 Å². The van der Waals surface area contributed by atoms with Crippen LogP contribution in [0.5, 0.6) is 0 Å². The van der Waals surface area contributed by atoms with Gasteiger partial charge in [0, 0.05) is 0 Å². The van der Waals surface area contributed by atoms with E-state index in [0.717, 1.165) is 38.5 Å². The van der Waals surface area contributed by atoms with Crippen LogP contribution in [-0.2, 0) is 14.9 Å². The van der Waals surface area contributed by atoms with Gasteiger partial charge in [0.2, 0.25) is 5.91 Å². The second kappa shape index (κ2) is 28.1. The van der Waals surface area contributed by atoms with Gasteiger partial charge in [0.25, 0.3) is 10.1 Å². The Hall–Kier alpha value is -0.700. The Balaban J connectivity index is 3.94. The lowest BCUT2D eigenvalue weighted by Gasteiger charge is -2.24. The molecule has 0 spiro atoms. The molecule has 7 nitrogen and oxygen atoms in total. The molecule has 4 N–H and O–H groups in total. The summed E-state index contributed by atoms with van der Waals surface area (Å²) < 4.78 is 32.2. The summed E-state index contributed by atoms with van der Waals surface area (Å²) in [6, 6.07) is -1.14. The fraction of sp³-hybridized carbons (Fsp3) is 0.970. The number of rotatable bonds is 31. The zero-order chi connectivity index (χ0) is 30.6. The predicted octanol–water partition coefficient (Wildman–Crippen LogP) is 8.26. The van der Waals surface area contributed by atoms with E-state index in [1.54, 1.807) is 0 Å². The first-order valence-corrected chi connectivity index (χ1v) is 18.9. The van der Waals surface area contributed by atoms with Crippen molar-refractivity contribution in [1.82, 2.24) is 5.32 Å². The fourth-order valence-corrected chi connectivity index (χ4v) is 6.22. The number of carbonyl (C=O) groups is 1. The van der Waals surface area contributed by atoms with Crippen LogP contribution in [0, 0.1) is 0 Å². The van der Waals surface area contributed by atoms with Gasteiger partial charge in [-0.05, 0) is 12.8 Å². The second-order valence-corrected chi connectivity index (χ2v) is 13.8. The Morgan fingerprint density at radius 1 is 0.561 bits per heavy atom. The Bertz CT molecular complexity index is 687. The van der Waals surface area contributed by atoms with E-state index in [-0.39, 0.29) is 0 Å². The van der Waals surface area contributed by atoms with Crippen LogP contribution in [-0.4, -0.2) is 53.1 Å². The highest BCUT2D eigenvalue weighted by molar-refractivity contribution is 7.85. The van der Waals surface area contributed by atoms with Crippen molar-refractivity contribution in [2.45, 2.75) is 199 Å². The van der Waals surface area contributed by atoms with Gasteiger partial charge in [0.05, 0.1) is 17.9 Å². The topological polar surface area (TPSA) is 124 Å². The molecule has 0 saturated heterocycles. The lowest BCUT2D eigenvalue weighted by molar-refractivity contribution is -0.131. The highest BCUT2D eigenvalue weighted by atomic mass is 32.2. The van der Waals surface area contributed by atoms with Crippen LogP contribution in [0.25, 0.3) is 0 Å². The van der Waals surface area contributed by atoms with Gasteiger partial charge >= 0.3 is 0 Å². The molecule has 3 unspecified atom stereocenters. The smallest absolute Gasteiger partial charge is 0.266 e. The third kappa shape index (κ3) is 27.9. The minimum Gasteiger partial charge on any atom is -0.391 e. The van der Waals surface area contributed by atoms with Crippen LogP contribution in [0.1, 0.15) is 181 Å². The van der Waals surface area contributed by atoms with Crippen molar-refractivity contribution in [1.29, 1.82) is 0 Å². The van der Waals surface area contributed by atoms with Crippen molar-refractivity contribution < 1.29 is 28.0 Å². The van der Waals surface area contributed by atoms with E-state index in [1.807, 2.05) is 0 Å². The molecule has 246 valence electrons. The van der Waals surface area contributed by atoms with Gasteiger partial charge in [0.15, 0.2) is 0 Å². The molecule has 3 atom stereocenters. The van der Waals surface area contributed by atoms with Crippen molar-refractivity contribution >= 4 is 16.0 Å². The minimum absolute atomic E-state index is 0.302. The van der Waals surface area contributed by atoms with E-state index in [2.05, 4.69) is 19.2 Å². The van der Waals surface area contributed by atoms with E-state index in [9.17, 15) is 28.0 Å². The number of hydrogen-bond donors (Lipinski definition) is 4. The summed E-state index contributed by atoms with van der Waals surface area (Å²) in [5.74, 6) is -1.45. The van der Waals surface area contributed by atoms with Gasteiger partial charge < -0.3 is 15.5 Å². The van der Waals surface area contributed by atoms with E-state index in [1.165, 1.54) is 109 Å². The standard InChI is InChI=1S/C33H67NO6S/c1-3-5-7-9-11-12-13-14-15-16-17-18-19-20-22-24-26-28-32(36)33(37)34-30(29-41(38,39)40)31(35)27-25-23-21-10-8-6-4-2/h30-32,35-36H,3-29H2,1-2H3,(H,34,37)(H,38,39,40). The molecular weight excluding hydrogens is 538 g/mol. The maximum atomic E-state index is 12.5. The summed E-state index contributed by atoms with van der Waals surface area (Å²) in [4.78, 5) is 12.5. The first kappa shape index (κ1) is 40.3. The number of carbonyl (C=O) groups excluding carboxylic acids is 1. The summed E-state index contributed by atoms with van der Waals surface area (Å²) in [5.41, 5.74) is 0. The molecule has 1 amide bonds. The molecule has 0 heterocycles. The molecule has 0 saturated carbocycles. The summed E-state index contributed by atoms with van der Waals surface area (Å²) >= 11 is 0. The number of amides is 1. The van der Waals surface area contributed by atoms with Crippen molar-refractivity contribution in [2.75, 3.05) is 5.75 Å². The highest BCUT2D eigenvalue weighted by Gasteiger charge is 2.28. The second-order valence-electron chi connectivity index (χ2n) is 12.3. The van der Waals surface area contributed by atoms with Crippen molar-refractivity contribution in [3.63, 3.8) is 0 Å². The zero-order valence-corrected chi connectivity index (χ0v) is 27.6. The van der Waals surface area contributed by atoms with Crippen LogP contribution in [0.15, 0.2) is 0 Å². The first-order valence-electron chi connectivity index (χ1n) is 17.3. The number of unbranched alkanes of at least 4 members (excludes halogenated alkanes) is 22. The van der Waals surface area contributed by atoms with Gasteiger partial charge in [-0.2, -0.15) is 8.42 Å². The molecule has 8 heteroatoms. The fourth-order valence-electron chi connectivity index (χ4n) is 5.46. The monoisotopic (exact) mass is 605 g/mol. The van der Waals surface area contributed by atoms with E-state index >= 15 is 0 Å². The molecular formula is C33H67NO6S. The third-order valence-corrected chi connectivity index (χ3v) is 8.95. The molecule has 0 rings (SSSR count). The molecule has 0 radical (unpaired) electrons. The number of aliphatic hydroxyl groups is 2. The molecule has 0 aromatic heterocycles. The van der Waals surface area contributed by atoms with Gasteiger partial charge in [-0.15, -0.1) is 0 Å². The van der Waals surface area contributed by atoms with Crippen LogP contribution >= 0.6 is 0 Å². The van der Waals surface area contributed by atoms with Gasteiger partial charge in [0.1, 0.15) is 6.10 Å². The summed E-state index contributed by atoms with van der Waals surface area (Å²) in [6.07, 6.45) is 27.2. The molecule has 0 aromatic rings. The first-order chi connectivity index (χ1) is 19.7. The summed E-state index contributed by atoms with van der Waals surface area (Å²) in [5, 5.41) is 23.3. The third-order valence-electron chi connectivity index (χ3n) is 8.17. The van der Waals surface area contributed by atoms with E-state index < -0.39 is 40.0 Å². The molecule has 0 aliphatic carbocycles. The van der Waals surface area contributed by atoms with Crippen LogP contribution in [0.4, 0.5) is 0 Å². The maximum absolute atomic E-state index is 12.5. The maximum Gasteiger partial charge on any atom is 0.266 e. The Morgan fingerprint density at radius 3 is 1.22 bits per heavy atom. The average Bonchev–Trinajstić information content (AvgIpc) is 2.92. The molecule has 0 aliphatic heterocycles. The lowest BCUT2D eigenvalue weighted by atomic mass is 10.0. The van der Waals surface area contributed by atoms with Crippen molar-refractivity contribution in [3.8, 4) is 0 Å². The Morgan fingerprint density at radius 2 is 0.878 bits per heavy atom. The van der Waals surface area contributed by atoms with Crippen molar-refractivity contribution in [3.05, 3.63) is 0 Å². The predicted molar refractivity (Wildman–Crippen MR) is 172 cm³/mol. The van der Waals surface area contributed by atoms with Crippen LogP contribution < -0.4 is 5.32 Å². The SMILES string of the molecule is CCCCCCCCCCCCCCCCCCCC(O)C(=O)NC(CS(=O)(=O)O)C(O)CCCCCCCCC. The Labute approximate surface area is 253 Å². The quantitative estimate of drug-likeness (QED) is 0.0466. The zero-order valence-electron chi connectivity index (χ0n) is 26.8. The largest absolute Gasteiger partial charge is 0.391 e. The molecule has 0 aromatic carbocycles.